The number of nitrogens with two attached hydrogens (primary N) is 1. The Kier molecular flexibility index (Phi) is 3.25. The zero-order chi connectivity index (χ0) is 12.1. The van der Waals surface area contributed by atoms with Gasteiger partial charge in [0.05, 0.1) is 0 Å². The molecule has 6 heteroatoms. The average Bonchev–Trinajstić information content (AvgIpc) is 2.38. The van der Waals surface area contributed by atoms with E-state index in [9.17, 15) is 4.79 Å². The van der Waals surface area contributed by atoms with Crippen LogP contribution >= 0.6 is 0 Å². The second-order valence-corrected chi connectivity index (χ2v) is 3.39. The number of aromatic nitrogens is 3. The minimum atomic E-state index is -0.290. The largest absolute Gasteiger partial charge is 0.382 e. The Morgan fingerprint density at radius 2 is 2.18 bits per heavy atom. The molecule has 2 aromatic heterocycles. The average molecular weight is 229 g/mol. The van der Waals surface area contributed by atoms with Crippen LogP contribution in [0.1, 0.15) is 16.1 Å². The summed E-state index contributed by atoms with van der Waals surface area (Å²) in [6, 6.07) is 6.75. The highest BCUT2D eigenvalue weighted by atomic mass is 16.1. The van der Waals surface area contributed by atoms with E-state index in [1.54, 1.807) is 12.4 Å². The molecule has 17 heavy (non-hydrogen) atoms. The molecule has 0 saturated heterocycles. The van der Waals surface area contributed by atoms with Crippen molar-refractivity contribution in [2.45, 2.75) is 6.54 Å². The lowest BCUT2D eigenvalue weighted by molar-refractivity contribution is 0.0945. The number of nitrogens with zero attached hydrogens (tertiary/aromatic N) is 3. The molecule has 0 bridgehead atoms. The fraction of sp³-hybridized carbons (Fsp3) is 0.0909. The van der Waals surface area contributed by atoms with Crippen molar-refractivity contribution in [2.24, 2.45) is 0 Å². The van der Waals surface area contributed by atoms with Crippen molar-refractivity contribution < 1.29 is 4.79 Å². The summed E-state index contributed by atoms with van der Waals surface area (Å²) >= 11 is 0. The molecule has 6 nitrogen and oxygen atoms in total. The first-order valence-corrected chi connectivity index (χ1v) is 5.02. The molecule has 2 aromatic rings. The SMILES string of the molecule is Nc1ccc(C(=O)NCc2cccnc2)nn1. The number of pyridine rings is 1. The summed E-state index contributed by atoms with van der Waals surface area (Å²) in [5.41, 5.74) is 6.54. The molecule has 2 rings (SSSR count). The second kappa shape index (κ2) is 5.02. The number of hydrogen-bond acceptors (Lipinski definition) is 5. The molecule has 1 amide bonds. The van der Waals surface area contributed by atoms with E-state index in [1.807, 2.05) is 12.1 Å². The molecule has 3 N–H and O–H groups in total. The van der Waals surface area contributed by atoms with E-state index in [2.05, 4.69) is 20.5 Å². The number of carbonyl (C=O) groups is 1. The first kappa shape index (κ1) is 11.0. The monoisotopic (exact) mass is 229 g/mol. The molecule has 2 heterocycles. The van der Waals surface area contributed by atoms with E-state index >= 15 is 0 Å². The number of nitrogens with one attached hydrogen (secondary N) is 1. The Bertz CT molecular complexity index is 497. The Labute approximate surface area is 97.9 Å². The maximum absolute atomic E-state index is 11.7. The number of nitrogen functional groups attached to an aromatic ring is 1. The van der Waals surface area contributed by atoms with Crippen LogP contribution < -0.4 is 11.1 Å². The lowest BCUT2D eigenvalue weighted by Crippen LogP contribution is -2.24. The third kappa shape index (κ3) is 2.97. The van der Waals surface area contributed by atoms with E-state index in [0.717, 1.165) is 5.56 Å². The van der Waals surface area contributed by atoms with Gasteiger partial charge >= 0.3 is 0 Å². The number of rotatable bonds is 3. The number of anilines is 1. The van der Waals surface area contributed by atoms with Crippen molar-refractivity contribution >= 4 is 11.7 Å². The zero-order valence-corrected chi connectivity index (χ0v) is 9.00. The standard InChI is InChI=1S/C11H11N5O/c12-10-4-3-9(15-16-10)11(17)14-7-8-2-1-5-13-6-8/h1-6H,7H2,(H2,12,16)(H,14,17). The molecule has 0 spiro atoms. The van der Waals surface area contributed by atoms with E-state index < -0.39 is 0 Å². The molecule has 0 aliphatic rings. The Hall–Kier alpha value is -2.50. The van der Waals surface area contributed by atoms with E-state index in [4.69, 9.17) is 5.73 Å². The molecule has 0 unspecified atom stereocenters. The molecule has 0 fully saturated rings. The Balaban J connectivity index is 1.96. The molecule has 0 aliphatic heterocycles. The smallest absolute Gasteiger partial charge is 0.272 e. The van der Waals surface area contributed by atoms with Crippen molar-refractivity contribution in [1.82, 2.24) is 20.5 Å². The van der Waals surface area contributed by atoms with E-state index in [0.29, 0.717) is 6.54 Å². The summed E-state index contributed by atoms with van der Waals surface area (Å²) in [5, 5.41) is 10.0. The zero-order valence-electron chi connectivity index (χ0n) is 9.00. The van der Waals surface area contributed by atoms with Crippen LogP contribution in [0.3, 0.4) is 0 Å². The van der Waals surface area contributed by atoms with Crippen molar-refractivity contribution in [3.63, 3.8) is 0 Å². The number of amides is 1. The molecule has 0 saturated carbocycles. The molecule has 86 valence electrons. The highest BCUT2D eigenvalue weighted by Gasteiger charge is 2.06. The van der Waals surface area contributed by atoms with Gasteiger partial charge in [-0.25, -0.2) is 0 Å². The van der Waals surface area contributed by atoms with Crippen LogP contribution in [0.25, 0.3) is 0 Å². The summed E-state index contributed by atoms with van der Waals surface area (Å²) in [6.07, 6.45) is 3.37. The first-order chi connectivity index (χ1) is 8.25. The van der Waals surface area contributed by atoms with Gasteiger partial charge in [0.25, 0.3) is 5.91 Å². The number of hydrogen-bond donors (Lipinski definition) is 2. The lowest BCUT2D eigenvalue weighted by atomic mass is 10.3. The third-order valence-corrected chi connectivity index (χ3v) is 2.09. The van der Waals surface area contributed by atoms with Crippen LogP contribution in [0, 0.1) is 0 Å². The summed E-state index contributed by atoms with van der Waals surface area (Å²) in [6.45, 7) is 0.402. The normalized spacial score (nSPS) is 9.88. The summed E-state index contributed by atoms with van der Waals surface area (Å²) < 4.78 is 0. The predicted octanol–water partition coefficient (Wildman–Crippen LogP) is 0.384. The fourth-order valence-corrected chi connectivity index (χ4v) is 1.24. The van der Waals surface area contributed by atoms with Crippen molar-refractivity contribution in [2.75, 3.05) is 5.73 Å². The van der Waals surface area contributed by atoms with Gasteiger partial charge in [0, 0.05) is 18.9 Å². The summed E-state index contributed by atoms with van der Waals surface area (Å²) in [7, 11) is 0. The van der Waals surface area contributed by atoms with Gasteiger partial charge < -0.3 is 11.1 Å². The maximum Gasteiger partial charge on any atom is 0.272 e. The Morgan fingerprint density at radius 1 is 1.29 bits per heavy atom. The topological polar surface area (TPSA) is 93.8 Å². The molecule has 0 atom stereocenters. The van der Waals surface area contributed by atoms with Gasteiger partial charge in [0.15, 0.2) is 5.69 Å². The highest BCUT2D eigenvalue weighted by Crippen LogP contribution is 1.99. The lowest BCUT2D eigenvalue weighted by Gasteiger charge is -2.03. The van der Waals surface area contributed by atoms with Crippen LogP contribution in [-0.4, -0.2) is 21.1 Å². The van der Waals surface area contributed by atoms with Gasteiger partial charge in [0.1, 0.15) is 5.82 Å². The fourth-order valence-electron chi connectivity index (χ4n) is 1.24. The minimum Gasteiger partial charge on any atom is -0.382 e. The molecule has 0 aliphatic carbocycles. The number of carbonyl (C=O) groups excluding carboxylic acids is 1. The highest BCUT2D eigenvalue weighted by molar-refractivity contribution is 5.92. The van der Waals surface area contributed by atoms with Crippen molar-refractivity contribution in [3.8, 4) is 0 Å². The first-order valence-electron chi connectivity index (χ1n) is 5.02. The summed E-state index contributed by atoms with van der Waals surface area (Å²) in [4.78, 5) is 15.6. The molecular weight excluding hydrogens is 218 g/mol. The molecular formula is C11H11N5O. The minimum absolute atomic E-state index is 0.239. The van der Waals surface area contributed by atoms with Gasteiger partial charge in [0.2, 0.25) is 0 Å². The van der Waals surface area contributed by atoms with Gasteiger partial charge in [-0.1, -0.05) is 6.07 Å². The summed E-state index contributed by atoms with van der Waals surface area (Å²) in [5.74, 6) is -0.00448. The second-order valence-electron chi connectivity index (χ2n) is 3.39. The van der Waals surface area contributed by atoms with Gasteiger partial charge in [-0.05, 0) is 23.8 Å². The van der Waals surface area contributed by atoms with Crippen LogP contribution in [0.15, 0.2) is 36.7 Å². The predicted molar refractivity (Wildman–Crippen MR) is 61.9 cm³/mol. The van der Waals surface area contributed by atoms with E-state index in [-0.39, 0.29) is 17.4 Å². The Morgan fingerprint density at radius 3 is 2.82 bits per heavy atom. The van der Waals surface area contributed by atoms with Crippen LogP contribution in [0.2, 0.25) is 0 Å². The van der Waals surface area contributed by atoms with Crippen LogP contribution in [-0.2, 0) is 6.54 Å². The molecule has 0 radical (unpaired) electrons. The van der Waals surface area contributed by atoms with Crippen LogP contribution in [0.4, 0.5) is 5.82 Å². The third-order valence-electron chi connectivity index (χ3n) is 2.09. The molecule has 0 aromatic carbocycles. The van der Waals surface area contributed by atoms with E-state index in [1.165, 1.54) is 12.1 Å². The van der Waals surface area contributed by atoms with Crippen molar-refractivity contribution in [1.29, 1.82) is 0 Å². The van der Waals surface area contributed by atoms with Crippen molar-refractivity contribution in [3.05, 3.63) is 47.9 Å². The van der Waals surface area contributed by atoms with Crippen LogP contribution in [0.5, 0.6) is 0 Å². The van der Waals surface area contributed by atoms with Gasteiger partial charge in [-0.2, -0.15) is 0 Å². The maximum atomic E-state index is 11.7. The van der Waals surface area contributed by atoms with Gasteiger partial charge in [-0.3, -0.25) is 9.78 Å². The van der Waals surface area contributed by atoms with Gasteiger partial charge in [-0.15, -0.1) is 10.2 Å². The quantitative estimate of drug-likeness (QED) is 0.793.